The highest BCUT2D eigenvalue weighted by molar-refractivity contribution is 8.10. The molecule has 4 bridgehead atoms. The first-order valence-corrected chi connectivity index (χ1v) is 20.8. The smallest absolute Gasteiger partial charge is 0.152 e. The van der Waals surface area contributed by atoms with Crippen molar-refractivity contribution < 1.29 is 19.2 Å². The van der Waals surface area contributed by atoms with Crippen LogP contribution >= 0.6 is 94.1 Å². The van der Waals surface area contributed by atoms with Crippen molar-refractivity contribution in [2.24, 2.45) is 0 Å². The van der Waals surface area contributed by atoms with Gasteiger partial charge in [-0.3, -0.25) is 19.2 Å². The maximum absolute atomic E-state index is 13.0. The summed E-state index contributed by atoms with van der Waals surface area (Å²) in [5.74, 6) is 5.32. The average Bonchev–Trinajstić information content (AvgIpc) is 3.16. The average molecular weight is 655 g/mol. The number of Topliss-reactive ketones (excluding diaryl/α,β-unsaturated/α-hetero) is 4. The molecule has 206 valence electrons. The van der Waals surface area contributed by atoms with Gasteiger partial charge in [0.15, 0.2) is 23.1 Å². The number of carbonyl (C=O) groups excluding carboxylic acids is 4. The van der Waals surface area contributed by atoms with E-state index in [0.29, 0.717) is 51.8 Å². The van der Waals surface area contributed by atoms with Crippen LogP contribution in [0.1, 0.15) is 33.6 Å². The van der Waals surface area contributed by atoms with E-state index in [-0.39, 0.29) is 57.8 Å². The minimum absolute atomic E-state index is 0.167. The molecule has 0 aromatic heterocycles. The third-order valence-electron chi connectivity index (χ3n) is 7.95. The molecule has 12 heteroatoms. The van der Waals surface area contributed by atoms with Crippen LogP contribution in [0.25, 0.3) is 0 Å². The lowest BCUT2D eigenvalue weighted by Crippen LogP contribution is -2.59. The van der Waals surface area contributed by atoms with Gasteiger partial charge in [0, 0.05) is 40.5 Å². The zero-order valence-electron chi connectivity index (χ0n) is 21.4. The molecule has 4 heterocycles. The summed E-state index contributed by atoms with van der Waals surface area (Å²) in [6, 6.07) is 0. The summed E-state index contributed by atoms with van der Waals surface area (Å²) in [5.41, 5.74) is 0. The summed E-state index contributed by atoms with van der Waals surface area (Å²) in [6.07, 6.45) is 1.91. The minimum atomic E-state index is -0.190. The third kappa shape index (κ3) is 6.46. The van der Waals surface area contributed by atoms with Crippen molar-refractivity contribution in [3.63, 3.8) is 0 Å². The van der Waals surface area contributed by atoms with Crippen LogP contribution in [-0.2, 0) is 19.2 Å². The topological polar surface area (TPSA) is 68.3 Å². The zero-order valence-corrected chi connectivity index (χ0v) is 27.9. The van der Waals surface area contributed by atoms with Crippen molar-refractivity contribution in [2.75, 3.05) is 46.0 Å². The molecular formula is C25H34O4S8. The molecule has 8 unspecified atom stereocenters. The Balaban J connectivity index is 1.69. The van der Waals surface area contributed by atoms with E-state index in [1.807, 2.05) is 58.8 Å². The molecule has 4 saturated heterocycles. The summed E-state index contributed by atoms with van der Waals surface area (Å²) in [7, 11) is 0. The molecule has 4 aliphatic heterocycles. The Hall–Kier alpha value is 1.48. The molecule has 0 spiro atoms. The number of rotatable bonds is 0. The molecular weight excluding hydrogens is 621 g/mol. The summed E-state index contributed by atoms with van der Waals surface area (Å²) >= 11 is 14.5. The van der Waals surface area contributed by atoms with Crippen LogP contribution in [0.4, 0.5) is 0 Å². The van der Waals surface area contributed by atoms with Gasteiger partial charge in [-0.1, -0.05) is 0 Å². The number of thioether (sulfide) groups is 8. The molecule has 0 aromatic carbocycles. The van der Waals surface area contributed by atoms with Crippen LogP contribution in [-0.4, -0.2) is 110 Å². The van der Waals surface area contributed by atoms with Crippen molar-refractivity contribution >= 4 is 117 Å². The summed E-state index contributed by atoms with van der Waals surface area (Å²) in [5, 5.41) is 1.06. The largest absolute Gasteiger partial charge is 0.298 e. The van der Waals surface area contributed by atoms with E-state index in [1.54, 1.807) is 35.3 Å². The quantitative estimate of drug-likeness (QED) is 0.349. The van der Waals surface area contributed by atoms with E-state index in [9.17, 15) is 19.2 Å². The second-order valence-corrected chi connectivity index (χ2v) is 21.5. The number of fused-ring (bicyclic) bond motifs is 10. The van der Waals surface area contributed by atoms with Gasteiger partial charge in [-0.05, 0) is 33.6 Å². The Morgan fingerprint density at radius 2 is 0.919 bits per heavy atom. The Morgan fingerprint density at radius 3 is 1.51 bits per heavy atom. The van der Waals surface area contributed by atoms with Gasteiger partial charge in [0.2, 0.25) is 0 Å². The molecule has 5 aliphatic rings. The first-order valence-electron chi connectivity index (χ1n) is 12.6. The van der Waals surface area contributed by atoms with E-state index in [4.69, 9.17) is 0 Å². The fourth-order valence-corrected chi connectivity index (χ4v) is 20.1. The van der Waals surface area contributed by atoms with E-state index in [2.05, 4.69) is 20.8 Å². The molecule has 0 radical (unpaired) electrons. The van der Waals surface area contributed by atoms with Crippen LogP contribution in [0.2, 0.25) is 0 Å². The maximum Gasteiger partial charge on any atom is 0.152 e. The Bertz CT molecular complexity index is 963. The minimum Gasteiger partial charge on any atom is -0.298 e. The summed E-state index contributed by atoms with van der Waals surface area (Å²) in [4.78, 5) is 51.5. The molecule has 1 saturated carbocycles. The van der Waals surface area contributed by atoms with Gasteiger partial charge in [0.25, 0.3) is 0 Å². The van der Waals surface area contributed by atoms with Crippen LogP contribution in [0, 0.1) is 0 Å². The molecule has 0 amide bonds. The molecule has 4 nitrogen and oxygen atoms in total. The van der Waals surface area contributed by atoms with Gasteiger partial charge in [-0.2, -0.15) is 0 Å². The highest BCUT2D eigenvalue weighted by Crippen LogP contribution is 2.60. The van der Waals surface area contributed by atoms with Crippen molar-refractivity contribution in [1.29, 1.82) is 0 Å². The first kappa shape index (κ1) is 30.0. The number of hydrogen-bond donors (Lipinski definition) is 0. The summed E-state index contributed by atoms with van der Waals surface area (Å²) in [6.45, 7) is 7.03. The van der Waals surface area contributed by atoms with E-state index < -0.39 is 0 Å². The van der Waals surface area contributed by atoms with E-state index >= 15 is 0 Å². The molecule has 37 heavy (non-hydrogen) atoms. The monoisotopic (exact) mass is 654 g/mol. The SMILES string of the molecule is CC12CC(C)(SCC(=O)CS1)C1SCC(=O)CSC1C1SCC(=O)CSC1C1(C)CC2SCC(=O)CS1. The lowest BCUT2D eigenvalue weighted by molar-refractivity contribution is -0.115. The van der Waals surface area contributed by atoms with Crippen molar-refractivity contribution in [2.45, 2.75) is 74.1 Å². The van der Waals surface area contributed by atoms with Crippen molar-refractivity contribution in [3.05, 3.63) is 0 Å². The highest BCUT2D eigenvalue weighted by Gasteiger charge is 2.57. The first-order chi connectivity index (χ1) is 17.5. The van der Waals surface area contributed by atoms with Gasteiger partial charge in [0.1, 0.15) is 0 Å². The standard InChI is InChI=1S/C25H34O4S8/c1-23-4-18(30-5-16(28)10-35-23)24(2)13-25(3,37-12-17(29)11-36-24)22-20(32-7-15(27)9-34-22)19-21(23)33-8-14(26)6-31-19/h18-22H,4-13H2,1-3H3. The second kappa shape index (κ2) is 12.0. The number of carbonyl (C=O) groups is 4. The van der Waals surface area contributed by atoms with E-state index in [1.165, 1.54) is 0 Å². The summed E-state index contributed by atoms with van der Waals surface area (Å²) < 4.78 is -0.534. The van der Waals surface area contributed by atoms with Crippen molar-refractivity contribution in [3.8, 4) is 0 Å². The fourth-order valence-electron chi connectivity index (χ4n) is 6.05. The lowest BCUT2D eigenvalue weighted by atomic mass is 9.81. The highest BCUT2D eigenvalue weighted by atomic mass is 32.2. The Labute approximate surface area is 254 Å². The molecule has 5 fully saturated rings. The molecule has 5 rings (SSSR count). The Kier molecular flexibility index (Phi) is 9.71. The van der Waals surface area contributed by atoms with Gasteiger partial charge in [-0.25, -0.2) is 0 Å². The molecule has 1 aliphatic carbocycles. The van der Waals surface area contributed by atoms with Crippen LogP contribution < -0.4 is 0 Å². The normalized spacial score (nSPS) is 46.2. The van der Waals surface area contributed by atoms with Gasteiger partial charge in [0.05, 0.1) is 46.0 Å². The van der Waals surface area contributed by atoms with Crippen LogP contribution in [0.15, 0.2) is 0 Å². The zero-order chi connectivity index (χ0) is 26.4. The lowest BCUT2D eigenvalue weighted by Gasteiger charge is -2.55. The third-order valence-corrected chi connectivity index (χ3v) is 21.3. The number of hydrogen-bond acceptors (Lipinski definition) is 12. The second-order valence-electron chi connectivity index (χ2n) is 11.2. The predicted octanol–water partition coefficient (Wildman–Crippen LogP) is 5.10. The van der Waals surface area contributed by atoms with Gasteiger partial charge in [-0.15, -0.1) is 94.1 Å². The molecule has 0 aromatic rings. The fraction of sp³-hybridized carbons (Fsp3) is 0.840. The van der Waals surface area contributed by atoms with Gasteiger partial charge < -0.3 is 0 Å². The van der Waals surface area contributed by atoms with Crippen LogP contribution in [0.5, 0.6) is 0 Å². The van der Waals surface area contributed by atoms with E-state index in [0.717, 1.165) is 12.8 Å². The Morgan fingerprint density at radius 1 is 0.514 bits per heavy atom. The van der Waals surface area contributed by atoms with Crippen molar-refractivity contribution in [1.82, 2.24) is 0 Å². The molecule has 8 atom stereocenters. The number of ketones is 4. The molecule has 0 N–H and O–H groups in total. The van der Waals surface area contributed by atoms with Crippen LogP contribution in [0.3, 0.4) is 0 Å². The predicted molar refractivity (Wildman–Crippen MR) is 173 cm³/mol. The maximum atomic E-state index is 13.0. The van der Waals surface area contributed by atoms with Gasteiger partial charge >= 0.3 is 0 Å².